The number of aliphatic hydroxyl groups excluding tert-OH is 1. The van der Waals surface area contributed by atoms with Crippen molar-refractivity contribution in [1.29, 1.82) is 0 Å². The molecule has 28 heavy (non-hydrogen) atoms. The molecule has 1 aromatic heterocycles. The van der Waals surface area contributed by atoms with E-state index in [9.17, 15) is 9.59 Å². The minimum absolute atomic E-state index is 0.173. The first-order valence-electron chi connectivity index (χ1n) is 8.29. The highest BCUT2D eigenvalue weighted by atomic mass is 35.5. The lowest BCUT2D eigenvalue weighted by molar-refractivity contribution is -0.123. The van der Waals surface area contributed by atoms with E-state index in [0.29, 0.717) is 33.6 Å². The topological polar surface area (TPSA) is 101 Å². The third kappa shape index (κ3) is 6.84. The van der Waals surface area contributed by atoms with E-state index in [4.69, 9.17) is 33.0 Å². The molecule has 0 aliphatic rings. The van der Waals surface area contributed by atoms with Gasteiger partial charge in [0.05, 0.1) is 22.3 Å². The molecule has 2 rings (SSSR count). The first kappa shape index (κ1) is 21.7. The maximum absolute atomic E-state index is 12.1. The van der Waals surface area contributed by atoms with Crippen molar-refractivity contribution in [3.8, 4) is 5.75 Å². The summed E-state index contributed by atoms with van der Waals surface area (Å²) in [4.78, 5) is 27.9. The molecule has 0 aliphatic heterocycles. The van der Waals surface area contributed by atoms with E-state index in [1.807, 2.05) is 0 Å². The van der Waals surface area contributed by atoms with E-state index in [1.165, 1.54) is 12.1 Å². The minimum Gasteiger partial charge on any atom is -0.484 e. The first-order chi connectivity index (χ1) is 13.4. The Labute approximate surface area is 172 Å². The average molecular weight is 424 g/mol. The predicted molar refractivity (Wildman–Crippen MR) is 106 cm³/mol. The van der Waals surface area contributed by atoms with Gasteiger partial charge in [-0.05, 0) is 24.3 Å². The Balaban J connectivity index is 1.70. The van der Waals surface area contributed by atoms with Gasteiger partial charge in [0.2, 0.25) is 0 Å². The Morgan fingerprint density at radius 2 is 1.96 bits per heavy atom. The van der Waals surface area contributed by atoms with E-state index in [0.717, 1.165) is 0 Å². The van der Waals surface area contributed by atoms with E-state index < -0.39 is 5.91 Å². The number of aliphatic hydroxyl groups is 1. The molecule has 1 aromatic carbocycles. The highest BCUT2D eigenvalue weighted by Gasteiger charge is 2.10. The smallest absolute Gasteiger partial charge is 0.273 e. The molecule has 0 bridgehead atoms. The molecule has 2 aromatic rings. The molecule has 2 amide bonds. The molecular weight excluding hydrogens is 405 g/mol. The second-order valence-corrected chi connectivity index (χ2v) is 6.51. The van der Waals surface area contributed by atoms with E-state index >= 15 is 0 Å². The van der Waals surface area contributed by atoms with Gasteiger partial charge in [-0.15, -0.1) is 0 Å². The number of benzene rings is 1. The van der Waals surface area contributed by atoms with Crippen LogP contribution in [0.15, 0.2) is 48.7 Å². The zero-order valence-corrected chi connectivity index (χ0v) is 16.4. The largest absolute Gasteiger partial charge is 0.484 e. The third-order valence-electron chi connectivity index (χ3n) is 3.50. The van der Waals surface area contributed by atoms with Crippen molar-refractivity contribution >= 4 is 35.0 Å². The van der Waals surface area contributed by atoms with Gasteiger partial charge in [-0.2, -0.15) is 0 Å². The van der Waals surface area contributed by atoms with Crippen LogP contribution >= 0.6 is 23.2 Å². The van der Waals surface area contributed by atoms with Crippen molar-refractivity contribution in [3.05, 3.63) is 70.1 Å². The molecule has 3 N–H and O–H groups in total. The predicted octanol–water partition coefficient (Wildman–Crippen LogP) is 2.71. The van der Waals surface area contributed by atoms with Gasteiger partial charge in [0.1, 0.15) is 11.4 Å². The van der Waals surface area contributed by atoms with Crippen LogP contribution in [0.1, 0.15) is 22.6 Å². The zero-order valence-electron chi connectivity index (χ0n) is 14.9. The number of hydrogen-bond donors (Lipinski definition) is 3. The highest BCUT2D eigenvalue weighted by Crippen LogP contribution is 2.26. The van der Waals surface area contributed by atoms with Crippen molar-refractivity contribution < 1.29 is 19.4 Å². The van der Waals surface area contributed by atoms with Gasteiger partial charge in [0.25, 0.3) is 11.8 Å². The summed E-state index contributed by atoms with van der Waals surface area (Å²) in [5.74, 6) is -0.337. The molecule has 0 fully saturated rings. The number of carbonyl (C=O) groups excluding carboxylic acids is 2. The van der Waals surface area contributed by atoms with Gasteiger partial charge in [-0.1, -0.05) is 35.8 Å². The highest BCUT2D eigenvalue weighted by molar-refractivity contribution is 6.42. The summed E-state index contributed by atoms with van der Waals surface area (Å²) in [6, 6.07) is 9.48. The Morgan fingerprint density at radius 3 is 2.68 bits per heavy atom. The van der Waals surface area contributed by atoms with Crippen LogP contribution in [-0.4, -0.2) is 35.1 Å². The second-order valence-electron chi connectivity index (χ2n) is 5.69. The van der Waals surface area contributed by atoms with Crippen molar-refractivity contribution in [1.82, 2.24) is 15.6 Å². The second kappa shape index (κ2) is 10.7. The Hall–Kier alpha value is -2.61. The van der Waals surface area contributed by atoms with Gasteiger partial charge in [0, 0.05) is 24.7 Å². The van der Waals surface area contributed by atoms with Crippen LogP contribution in [-0.2, 0) is 11.4 Å². The molecular formula is C19H19Cl2N3O4. The van der Waals surface area contributed by atoms with Crippen LogP contribution in [0, 0.1) is 0 Å². The lowest BCUT2D eigenvalue weighted by atomic mass is 10.2. The molecule has 0 spiro atoms. The first-order valence-corrected chi connectivity index (χ1v) is 9.05. The molecule has 0 saturated heterocycles. The zero-order chi connectivity index (χ0) is 20.5. The van der Waals surface area contributed by atoms with Crippen molar-refractivity contribution in [2.24, 2.45) is 0 Å². The maximum Gasteiger partial charge on any atom is 0.273 e. The fourth-order valence-corrected chi connectivity index (χ4v) is 2.39. The van der Waals surface area contributed by atoms with Crippen LogP contribution in [0.4, 0.5) is 0 Å². The Morgan fingerprint density at radius 1 is 1.18 bits per heavy atom. The van der Waals surface area contributed by atoms with E-state index in [1.54, 1.807) is 24.3 Å². The van der Waals surface area contributed by atoms with Crippen LogP contribution in [0.5, 0.6) is 5.75 Å². The molecule has 0 radical (unpaired) electrons. The number of amides is 2. The van der Waals surface area contributed by atoms with Crippen LogP contribution < -0.4 is 15.4 Å². The summed E-state index contributed by atoms with van der Waals surface area (Å²) in [5, 5.41) is 15.1. The SMILES string of the molecule is C=C(CCNC(=O)COc1ccc(Cl)c(Cl)c1)NC(=O)c1cccc(CO)n1. The van der Waals surface area contributed by atoms with Gasteiger partial charge < -0.3 is 20.5 Å². The number of nitrogens with one attached hydrogen (secondary N) is 2. The molecule has 9 heteroatoms. The monoisotopic (exact) mass is 423 g/mol. The Bertz CT molecular complexity index is 874. The van der Waals surface area contributed by atoms with Crippen molar-refractivity contribution in [2.45, 2.75) is 13.0 Å². The number of hydrogen-bond acceptors (Lipinski definition) is 5. The van der Waals surface area contributed by atoms with Gasteiger partial charge in [0.15, 0.2) is 6.61 Å². The van der Waals surface area contributed by atoms with Gasteiger partial charge >= 0.3 is 0 Å². The lowest BCUT2D eigenvalue weighted by Gasteiger charge is -2.10. The standard InChI is InChI=1S/C19H19Cl2N3O4/c1-12(23-19(27)17-4-2-3-13(10-25)24-17)7-8-22-18(26)11-28-14-5-6-15(20)16(21)9-14/h2-6,9,25H,1,7-8,10-11H2,(H,22,26)(H,23,27). The van der Waals surface area contributed by atoms with Crippen LogP contribution in [0.25, 0.3) is 0 Å². The number of aromatic nitrogens is 1. The van der Waals surface area contributed by atoms with E-state index in [2.05, 4.69) is 22.2 Å². The maximum atomic E-state index is 12.1. The number of halogens is 2. The summed E-state index contributed by atoms with van der Waals surface area (Å²) >= 11 is 11.7. The number of rotatable bonds is 9. The van der Waals surface area contributed by atoms with E-state index in [-0.39, 0.29) is 31.4 Å². The molecule has 7 nitrogen and oxygen atoms in total. The van der Waals surface area contributed by atoms with Crippen molar-refractivity contribution in [3.63, 3.8) is 0 Å². The van der Waals surface area contributed by atoms with Gasteiger partial charge in [-0.25, -0.2) is 4.98 Å². The fraction of sp³-hybridized carbons (Fsp3) is 0.211. The number of carbonyl (C=O) groups is 2. The summed E-state index contributed by atoms with van der Waals surface area (Å²) in [7, 11) is 0. The minimum atomic E-state index is -0.436. The number of ether oxygens (including phenoxy) is 1. The molecule has 0 saturated carbocycles. The normalized spacial score (nSPS) is 10.2. The van der Waals surface area contributed by atoms with Gasteiger partial charge in [-0.3, -0.25) is 9.59 Å². The number of nitrogens with zero attached hydrogens (tertiary/aromatic N) is 1. The summed E-state index contributed by atoms with van der Waals surface area (Å²) in [6.07, 6.45) is 0.337. The number of pyridine rings is 1. The molecule has 148 valence electrons. The van der Waals surface area contributed by atoms with Crippen LogP contribution in [0.2, 0.25) is 10.0 Å². The summed E-state index contributed by atoms with van der Waals surface area (Å²) in [6.45, 7) is 3.59. The average Bonchev–Trinajstić information content (AvgIpc) is 2.68. The van der Waals surface area contributed by atoms with Crippen LogP contribution in [0.3, 0.4) is 0 Å². The van der Waals surface area contributed by atoms with Crippen molar-refractivity contribution in [2.75, 3.05) is 13.2 Å². The Kier molecular flexibility index (Phi) is 8.25. The molecule has 1 heterocycles. The summed E-state index contributed by atoms with van der Waals surface area (Å²) in [5.41, 5.74) is 0.992. The third-order valence-corrected chi connectivity index (χ3v) is 4.24. The lowest BCUT2D eigenvalue weighted by Crippen LogP contribution is -2.31. The quantitative estimate of drug-likeness (QED) is 0.575. The molecule has 0 atom stereocenters. The molecule has 0 unspecified atom stereocenters. The fourth-order valence-electron chi connectivity index (χ4n) is 2.10. The summed E-state index contributed by atoms with van der Waals surface area (Å²) < 4.78 is 5.33. The molecule has 0 aliphatic carbocycles.